The topological polar surface area (TPSA) is 140 Å². The number of rotatable bonds is 7. The highest BCUT2D eigenvalue weighted by Crippen LogP contribution is 2.35. The molecule has 0 fully saturated rings. The summed E-state index contributed by atoms with van der Waals surface area (Å²) in [7, 11) is 0. The molecule has 3 aromatic rings. The molecule has 0 saturated carbocycles. The number of fused-ring (bicyclic) bond motifs is 1. The Bertz CT molecular complexity index is 1280. The lowest BCUT2D eigenvalue weighted by molar-refractivity contribution is -0.385. The molecule has 34 heavy (non-hydrogen) atoms. The predicted octanol–water partition coefficient (Wildman–Crippen LogP) is 5.17. The maximum Gasteiger partial charge on any atom is 0.338 e. The largest absolute Gasteiger partial charge is 0.467 e. The monoisotopic (exact) mass is 486 g/mol. The molecule has 1 aliphatic heterocycles. The van der Waals surface area contributed by atoms with Gasteiger partial charge in [-0.25, -0.2) is 4.79 Å². The predicted molar refractivity (Wildman–Crippen MR) is 117 cm³/mol. The summed E-state index contributed by atoms with van der Waals surface area (Å²) in [4.78, 5) is 33.7. The fraction of sp³-hybridized carbons (Fsp3) is 0.136. The summed E-state index contributed by atoms with van der Waals surface area (Å²) in [6, 6.07) is 12.4. The molecule has 0 N–H and O–H groups in total. The summed E-state index contributed by atoms with van der Waals surface area (Å²) in [5, 5.41) is 22.6. The first kappa shape index (κ1) is 23.0. The van der Waals surface area contributed by atoms with Crippen molar-refractivity contribution in [2.24, 2.45) is 0 Å². The number of hydrogen-bond donors (Lipinski definition) is 0. The van der Waals surface area contributed by atoms with Crippen LogP contribution in [0.15, 0.2) is 54.6 Å². The number of nitro benzene ring substituents is 2. The van der Waals surface area contributed by atoms with E-state index >= 15 is 0 Å². The maximum atomic E-state index is 12.5. The first-order valence-corrected chi connectivity index (χ1v) is 10.1. The van der Waals surface area contributed by atoms with Gasteiger partial charge < -0.3 is 18.9 Å². The molecule has 0 amide bonds. The zero-order chi connectivity index (χ0) is 24.2. The average molecular weight is 487 g/mol. The Morgan fingerprint density at radius 3 is 2.50 bits per heavy atom. The van der Waals surface area contributed by atoms with Crippen LogP contribution in [0, 0.1) is 20.2 Å². The molecule has 0 radical (unpaired) electrons. The lowest BCUT2D eigenvalue weighted by atomic mass is 10.1. The van der Waals surface area contributed by atoms with Gasteiger partial charge in [0, 0.05) is 34.3 Å². The van der Waals surface area contributed by atoms with E-state index in [1.807, 2.05) is 0 Å². The van der Waals surface area contributed by atoms with Crippen LogP contribution in [0.3, 0.4) is 0 Å². The number of ether oxygens (including phenoxy) is 4. The highest BCUT2D eigenvalue weighted by atomic mass is 35.5. The summed E-state index contributed by atoms with van der Waals surface area (Å²) >= 11 is 5.80. The fourth-order valence-electron chi connectivity index (χ4n) is 3.23. The maximum absolute atomic E-state index is 12.5. The van der Waals surface area contributed by atoms with E-state index in [4.69, 9.17) is 30.5 Å². The smallest absolute Gasteiger partial charge is 0.338 e. The first-order valence-electron chi connectivity index (χ1n) is 9.71. The van der Waals surface area contributed by atoms with Gasteiger partial charge in [-0.2, -0.15) is 0 Å². The van der Waals surface area contributed by atoms with Gasteiger partial charge in [0.15, 0.2) is 6.79 Å². The van der Waals surface area contributed by atoms with Crippen LogP contribution >= 0.6 is 11.6 Å². The number of nitrogens with zero attached hydrogens (tertiary/aromatic N) is 2. The van der Waals surface area contributed by atoms with Gasteiger partial charge in [-0.15, -0.1) is 0 Å². The molecule has 3 aromatic carbocycles. The number of carbonyl (C=O) groups is 1. The molecule has 0 aliphatic carbocycles. The van der Waals surface area contributed by atoms with Crippen LogP contribution in [0.25, 0.3) is 0 Å². The molecule has 1 aliphatic rings. The van der Waals surface area contributed by atoms with E-state index < -0.39 is 15.8 Å². The minimum absolute atomic E-state index is 0.0100. The van der Waals surface area contributed by atoms with E-state index in [0.717, 1.165) is 0 Å². The number of halogens is 1. The summed E-state index contributed by atoms with van der Waals surface area (Å²) in [5.41, 5.74) is 0.544. The van der Waals surface area contributed by atoms with Crippen LogP contribution in [0.2, 0.25) is 5.02 Å². The summed E-state index contributed by atoms with van der Waals surface area (Å²) < 4.78 is 21.4. The molecular weight excluding hydrogens is 472 g/mol. The second kappa shape index (κ2) is 9.73. The van der Waals surface area contributed by atoms with Crippen LogP contribution in [-0.2, 0) is 22.7 Å². The van der Waals surface area contributed by atoms with Gasteiger partial charge in [-0.1, -0.05) is 11.6 Å². The summed E-state index contributed by atoms with van der Waals surface area (Å²) in [6.07, 6.45) is 0. The first-order chi connectivity index (χ1) is 16.3. The molecule has 0 spiro atoms. The molecular formula is C22H15ClN2O9. The van der Waals surface area contributed by atoms with Crippen molar-refractivity contribution in [2.75, 3.05) is 6.79 Å². The summed E-state index contributed by atoms with van der Waals surface area (Å²) in [6.45, 7) is -0.123. The molecule has 0 atom stereocenters. The van der Waals surface area contributed by atoms with E-state index in [-0.39, 0.29) is 53.5 Å². The van der Waals surface area contributed by atoms with Gasteiger partial charge in [0.2, 0.25) is 5.75 Å². The second-order valence-corrected chi connectivity index (χ2v) is 7.47. The molecule has 0 aromatic heterocycles. The minimum Gasteiger partial charge on any atom is -0.467 e. The molecule has 0 saturated heterocycles. The molecule has 4 rings (SSSR count). The standard InChI is InChI=1S/C22H15ClN2O9/c23-16-3-6-20(19(9-16)25(29)30)34-18-4-1-13(2-5-18)22(26)32-11-15-8-17(24(27)28)7-14-10-31-12-33-21(14)15/h1-9H,10-12H2. The highest BCUT2D eigenvalue weighted by Gasteiger charge is 2.22. The van der Waals surface area contributed by atoms with Crippen molar-refractivity contribution in [2.45, 2.75) is 13.2 Å². The fourth-order valence-corrected chi connectivity index (χ4v) is 3.39. The van der Waals surface area contributed by atoms with Crippen molar-refractivity contribution >= 4 is 28.9 Å². The summed E-state index contributed by atoms with van der Waals surface area (Å²) in [5.74, 6) is -0.0541. The normalized spacial score (nSPS) is 12.3. The number of non-ortho nitro benzene ring substituents is 1. The van der Waals surface area contributed by atoms with E-state index in [1.165, 1.54) is 54.6 Å². The Kier molecular flexibility index (Phi) is 6.57. The van der Waals surface area contributed by atoms with E-state index in [2.05, 4.69) is 0 Å². The zero-order valence-electron chi connectivity index (χ0n) is 17.3. The quantitative estimate of drug-likeness (QED) is 0.251. The van der Waals surface area contributed by atoms with Gasteiger partial charge in [-0.3, -0.25) is 20.2 Å². The third-order valence-corrected chi connectivity index (χ3v) is 5.01. The highest BCUT2D eigenvalue weighted by molar-refractivity contribution is 6.30. The van der Waals surface area contributed by atoms with Crippen molar-refractivity contribution in [1.29, 1.82) is 0 Å². The van der Waals surface area contributed by atoms with Gasteiger partial charge in [0.05, 0.1) is 22.0 Å². The second-order valence-electron chi connectivity index (χ2n) is 7.03. The van der Waals surface area contributed by atoms with Gasteiger partial charge in [-0.05, 0) is 36.4 Å². The van der Waals surface area contributed by atoms with E-state index in [9.17, 15) is 25.0 Å². The lowest BCUT2D eigenvalue weighted by Gasteiger charge is -2.20. The van der Waals surface area contributed by atoms with Crippen molar-refractivity contribution in [3.8, 4) is 17.2 Å². The Labute approximate surface area is 196 Å². The number of nitro groups is 2. The minimum atomic E-state index is -0.684. The van der Waals surface area contributed by atoms with E-state index in [1.54, 1.807) is 0 Å². The van der Waals surface area contributed by atoms with Crippen molar-refractivity contribution in [3.05, 3.63) is 96.5 Å². The Balaban J connectivity index is 1.46. The molecule has 1 heterocycles. The number of esters is 1. The van der Waals surface area contributed by atoms with Crippen molar-refractivity contribution in [1.82, 2.24) is 0 Å². The number of benzene rings is 3. The van der Waals surface area contributed by atoms with Gasteiger partial charge >= 0.3 is 11.7 Å². The van der Waals surface area contributed by atoms with Crippen LogP contribution < -0.4 is 9.47 Å². The zero-order valence-corrected chi connectivity index (χ0v) is 18.0. The third kappa shape index (κ3) is 5.05. The Hall–Kier alpha value is -4.22. The Morgan fingerprint density at radius 2 is 1.79 bits per heavy atom. The third-order valence-electron chi connectivity index (χ3n) is 4.78. The average Bonchev–Trinajstić information content (AvgIpc) is 2.83. The van der Waals surface area contributed by atoms with Crippen molar-refractivity contribution < 1.29 is 33.6 Å². The Morgan fingerprint density at radius 1 is 1.03 bits per heavy atom. The van der Waals surface area contributed by atoms with Crippen LogP contribution in [0.1, 0.15) is 21.5 Å². The van der Waals surface area contributed by atoms with Crippen LogP contribution in [0.5, 0.6) is 17.2 Å². The SMILES string of the molecule is O=C(OCc1cc([N+](=O)[O-])cc2c1OCOC2)c1ccc(Oc2ccc(Cl)cc2[N+](=O)[O-])cc1. The molecule has 0 bridgehead atoms. The number of hydrogen-bond acceptors (Lipinski definition) is 9. The van der Waals surface area contributed by atoms with E-state index in [0.29, 0.717) is 16.9 Å². The van der Waals surface area contributed by atoms with Gasteiger partial charge in [0.1, 0.15) is 18.1 Å². The van der Waals surface area contributed by atoms with Crippen LogP contribution in [0.4, 0.5) is 11.4 Å². The van der Waals surface area contributed by atoms with Crippen molar-refractivity contribution in [3.63, 3.8) is 0 Å². The lowest BCUT2D eigenvalue weighted by Crippen LogP contribution is -2.15. The van der Waals surface area contributed by atoms with Crippen LogP contribution in [-0.4, -0.2) is 22.6 Å². The molecule has 0 unspecified atom stereocenters. The molecule has 174 valence electrons. The van der Waals surface area contributed by atoms with Gasteiger partial charge in [0.25, 0.3) is 5.69 Å². The molecule has 11 nitrogen and oxygen atoms in total. The molecule has 12 heteroatoms. The number of carbonyl (C=O) groups excluding carboxylic acids is 1.